The van der Waals surface area contributed by atoms with Crippen LogP contribution >= 0.6 is 0 Å². The molecule has 0 unspecified atom stereocenters. The monoisotopic (exact) mass is 420 g/mol. The molecular formula is C24H28N4O3. The van der Waals surface area contributed by atoms with Crippen LogP contribution in [0.15, 0.2) is 41.2 Å². The summed E-state index contributed by atoms with van der Waals surface area (Å²) in [6.45, 7) is 7.61. The lowest BCUT2D eigenvalue weighted by atomic mass is 9.98. The fourth-order valence-corrected chi connectivity index (χ4v) is 4.17. The highest BCUT2D eigenvalue weighted by Gasteiger charge is 2.26. The first-order valence-electron chi connectivity index (χ1n) is 11.0. The minimum atomic E-state index is -0.193. The van der Waals surface area contributed by atoms with Gasteiger partial charge in [-0.2, -0.15) is 5.10 Å². The van der Waals surface area contributed by atoms with Crippen LogP contribution in [-0.2, 0) is 12.8 Å². The van der Waals surface area contributed by atoms with Crippen LogP contribution in [0.2, 0.25) is 0 Å². The molecule has 3 aromatic rings. The first-order valence-corrected chi connectivity index (χ1v) is 11.0. The molecule has 1 amide bonds. The van der Waals surface area contributed by atoms with E-state index >= 15 is 0 Å². The van der Waals surface area contributed by atoms with Crippen molar-refractivity contribution >= 4 is 16.7 Å². The number of carbonyl (C=O) groups excluding carboxylic acids is 1. The average molecular weight is 421 g/mol. The summed E-state index contributed by atoms with van der Waals surface area (Å²) >= 11 is 0. The van der Waals surface area contributed by atoms with Crippen molar-refractivity contribution < 1.29 is 9.53 Å². The van der Waals surface area contributed by atoms with Crippen molar-refractivity contribution in [2.24, 2.45) is 0 Å². The van der Waals surface area contributed by atoms with Crippen LogP contribution in [0.4, 0.5) is 0 Å². The van der Waals surface area contributed by atoms with Crippen LogP contribution in [0.3, 0.4) is 0 Å². The molecule has 2 aliphatic heterocycles. The number of rotatable bonds is 3. The van der Waals surface area contributed by atoms with E-state index in [-0.39, 0.29) is 11.5 Å². The summed E-state index contributed by atoms with van der Waals surface area (Å²) in [7, 11) is 0. The highest BCUT2D eigenvalue weighted by Crippen LogP contribution is 2.33. The molecule has 2 aliphatic rings. The molecular weight excluding hydrogens is 392 g/mol. The summed E-state index contributed by atoms with van der Waals surface area (Å²) < 4.78 is 5.81. The fourth-order valence-electron chi connectivity index (χ4n) is 4.17. The first-order chi connectivity index (χ1) is 15.2. The van der Waals surface area contributed by atoms with Gasteiger partial charge in [-0.15, -0.1) is 0 Å². The maximum Gasteiger partial charge on any atom is 0.272 e. The molecule has 1 saturated heterocycles. The molecule has 0 spiro atoms. The Bertz CT molecular complexity index is 1150. The lowest BCUT2D eigenvalue weighted by Gasteiger charge is -2.28. The number of hydrogen-bond acceptors (Lipinski definition) is 5. The van der Waals surface area contributed by atoms with E-state index in [4.69, 9.17) is 4.74 Å². The summed E-state index contributed by atoms with van der Waals surface area (Å²) in [5, 5.41) is 11.6. The third kappa shape index (κ3) is 4.18. The maximum atomic E-state index is 13.2. The van der Waals surface area contributed by atoms with E-state index in [0.29, 0.717) is 37.1 Å². The zero-order valence-corrected chi connectivity index (χ0v) is 18.0. The van der Waals surface area contributed by atoms with Gasteiger partial charge in [0.15, 0.2) is 0 Å². The summed E-state index contributed by atoms with van der Waals surface area (Å²) in [5.41, 5.74) is 3.29. The van der Waals surface area contributed by atoms with E-state index in [9.17, 15) is 9.59 Å². The standard InChI is InChI=1S/C22H22N4O3.C2H6/c27-21-17-4-2-1-3-16(17)19(24-25-21)13-14-11-15-5-10-29-20(15)18(12-14)22(28)26-8-6-23-7-9-26;1-2/h1-4,11-12,23H,5-10,13H2,(H,25,27);1-2H3. The Morgan fingerprint density at radius 1 is 1.13 bits per heavy atom. The third-order valence-corrected chi connectivity index (χ3v) is 5.62. The smallest absolute Gasteiger partial charge is 0.272 e. The third-order valence-electron chi connectivity index (χ3n) is 5.62. The Hall–Kier alpha value is -3.19. The molecule has 7 heteroatoms. The molecule has 1 fully saturated rings. The van der Waals surface area contributed by atoms with Crippen molar-refractivity contribution in [3.8, 4) is 5.75 Å². The van der Waals surface area contributed by atoms with Crippen LogP contribution < -0.4 is 15.6 Å². The van der Waals surface area contributed by atoms with Crippen molar-refractivity contribution in [1.82, 2.24) is 20.4 Å². The Morgan fingerprint density at radius 2 is 1.87 bits per heavy atom. The molecule has 5 rings (SSSR count). The van der Waals surface area contributed by atoms with E-state index in [0.717, 1.165) is 47.5 Å². The summed E-state index contributed by atoms with van der Waals surface area (Å²) in [4.78, 5) is 27.1. The second-order valence-corrected chi connectivity index (χ2v) is 7.49. The molecule has 0 atom stereocenters. The Labute approximate surface area is 181 Å². The second-order valence-electron chi connectivity index (χ2n) is 7.49. The number of fused-ring (bicyclic) bond motifs is 2. The summed E-state index contributed by atoms with van der Waals surface area (Å²) in [6, 6.07) is 11.5. The van der Waals surface area contributed by atoms with Gasteiger partial charge in [-0.25, -0.2) is 5.10 Å². The fraction of sp³-hybridized carbons (Fsp3) is 0.375. The van der Waals surface area contributed by atoms with Crippen molar-refractivity contribution in [1.29, 1.82) is 0 Å². The van der Waals surface area contributed by atoms with E-state index in [1.54, 1.807) is 6.07 Å². The molecule has 162 valence electrons. The number of piperazine rings is 1. The van der Waals surface area contributed by atoms with Gasteiger partial charge in [0.05, 0.1) is 23.3 Å². The van der Waals surface area contributed by atoms with Gasteiger partial charge in [-0.1, -0.05) is 38.1 Å². The SMILES string of the molecule is CC.O=C(c1cc(Cc2n[nH]c(=O)c3ccccc23)cc2c1OCC2)N1CCNCC1. The van der Waals surface area contributed by atoms with Crippen LogP contribution in [0.5, 0.6) is 5.75 Å². The Kier molecular flexibility index (Phi) is 6.32. The predicted molar refractivity (Wildman–Crippen MR) is 121 cm³/mol. The average Bonchev–Trinajstić information content (AvgIpc) is 3.31. The largest absolute Gasteiger partial charge is 0.492 e. The topological polar surface area (TPSA) is 87.3 Å². The van der Waals surface area contributed by atoms with Crippen molar-refractivity contribution in [3.63, 3.8) is 0 Å². The number of aromatic nitrogens is 2. The molecule has 31 heavy (non-hydrogen) atoms. The van der Waals surface area contributed by atoms with E-state index in [2.05, 4.69) is 21.6 Å². The number of ether oxygens (including phenoxy) is 1. The molecule has 3 heterocycles. The molecule has 0 aliphatic carbocycles. The van der Waals surface area contributed by atoms with Gasteiger partial charge in [0.2, 0.25) is 0 Å². The van der Waals surface area contributed by atoms with Crippen LogP contribution in [0.25, 0.3) is 10.8 Å². The molecule has 0 bridgehead atoms. The van der Waals surface area contributed by atoms with Gasteiger partial charge in [0.1, 0.15) is 5.75 Å². The van der Waals surface area contributed by atoms with E-state index in [1.165, 1.54) is 0 Å². The number of aromatic amines is 1. The predicted octanol–water partition coefficient (Wildman–Crippen LogP) is 2.52. The van der Waals surface area contributed by atoms with Gasteiger partial charge in [-0.05, 0) is 23.3 Å². The molecule has 2 N–H and O–H groups in total. The van der Waals surface area contributed by atoms with Gasteiger partial charge in [-0.3, -0.25) is 9.59 Å². The van der Waals surface area contributed by atoms with E-state index in [1.807, 2.05) is 43.0 Å². The number of H-pyrrole nitrogens is 1. The highest BCUT2D eigenvalue weighted by molar-refractivity contribution is 5.98. The van der Waals surface area contributed by atoms with Crippen LogP contribution in [0.1, 0.15) is 41.0 Å². The minimum Gasteiger partial charge on any atom is -0.492 e. The Morgan fingerprint density at radius 3 is 2.65 bits per heavy atom. The molecule has 7 nitrogen and oxygen atoms in total. The minimum absolute atomic E-state index is 0.0192. The number of hydrogen-bond donors (Lipinski definition) is 2. The van der Waals surface area contributed by atoms with Crippen LogP contribution in [0, 0.1) is 0 Å². The Balaban J connectivity index is 0.00000112. The van der Waals surface area contributed by atoms with E-state index < -0.39 is 0 Å². The number of carbonyl (C=O) groups is 1. The zero-order chi connectivity index (χ0) is 21.8. The van der Waals surface area contributed by atoms with Crippen molar-refractivity contribution in [3.05, 3.63) is 69.1 Å². The molecule has 0 saturated carbocycles. The highest BCUT2D eigenvalue weighted by atomic mass is 16.5. The molecule has 2 aromatic carbocycles. The maximum absolute atomic E-state index is 13.2. The number of nitrogens with zero attached hydrogens (tertiary/aromatic N) is 2. The number of nitrogens with one attached hydrogen (secondary N) is 2. The van der Waals surface area contributed by atoms with Gasteiger partial charge in [0, 0.05) is 44.4 Å². The van der Waals surface area contributed by atoms with Gasteiger partial charge in [0.25, 0.3) is 11.5 Å². The lowest BCUT2D eigenvalue weighted by Crippen LogP contribution is -2.46. The normalized spacial score (nSPS) is 15.1. The quantitative estimate of drug-likeness (QED) is 0.680. The number of benzene rings is 2. The zero-order valence-electron chi connectivity index (χ0n) is 18.0. The second kappa shape index (κ2) is 9.31. The summed E-state index contributed by atoms with van der Waals surface area (Å²) in [6.07, 6.45) is 1.33. The van der Waals surface area contributed by atoms with Gasteiger partial charge < -0.3 is 15.0 Å². The molecule has 1 aromatic heterocycles. The van der Waals surface area contributed by atoms with Gasteiger partial charge >= 0.3 is 0 Å². The molecule has 0 radical (unpaired) electrons. The summed E-state index contributed by atoms with van der Waals surface area (Å²) in [5.74, 6) is 0.738. The van der Waals surface area contributed by atoms with Crippen molar-refractivity contribution in [2.75, 3.05) is 32.8 Å². The number of amides is 1. The van der Waals surface area contributed by atoms with Crippen LogP contribution in [-0.4, -0.2) is 53.8 Å². The lowest BCUT2D eigenvalue weighted by molar-refractivity contribution is 0.0732. The van der Waals surface area contributed by atoms with Crippen molar-refractivity contribution in [2.45, 2.75) is 26.7 Å². The first kappa shape index (κ1) is 21.1.